The molecule has 1 atom stereocenters. The van der Waals surface area contributed by atoms with E-state index in [4.69, 9.17) is 11.6 Å². The Kier molecular flexibility index (Phi) is 6.25. The van der Waals surface area contributed by atoms with Crippen LogP contribution in [0.3, 0.4) is 0 Å². The van der Waals surface area contributed by atoms with Gasteiger partial charge in [0, 0.05) is 10.7 Å². The van der Waals surface area contributed by atoms with Gasteiger partial charge >= 0.3 is 11.9 Å². The van der Waals surface area contributed by atoms with Gasteiger partial charge in [0.05, 0.1) is 6.54 Å². The topological polar surface area (TPSA) is 69.5 Å². The van der Waals surface area contributed by atoms with E-state index in [1.54, 1.807) is 29.7 Å². The summed E-state index contributed by atoms with van der Waals surface area (Å²) in [7, 11) is 0. The standard InChI is InChI=1S/C20H22ClN3O3S/c1-12(2)7-9-23-19(26)18-16(8-10-28-18)24(20(23)27)11-17(25)22-15-6-4-5-14(21)13(15)3/h4-6,8,10,12,18H,7,9,11H2,1-3H3/p+1. The van der Waals surface area contributed by atoms with Crippen molar-refractivity contribution >= 4 is 52.6 Å². The second-order valence-electron chi connectivity index (χ2n) is 7.25. The van der Waals surface area contributed by atoms with Crippen LogP contribution < -0.4 is 5.32 Å². The van der Waals surface area contributed by atoms with Crippen molar-refractivity contribution in [3.8, 4) is 0 Å². The molecule has 8 heteroatoms. The van der Waals surface area contributed by atoms with Crippen LogP contribution in [0.15, 0.2) is 29.7 Å². The van der Waals surface area contributed by atoms with Crippen molar-refractivity contribution in [1.29, 1.82) is 0 Å². The van der Waals surface area contributed by atoms with Gasteiger partial charge in [-0.05, 0) is 48.4 Å². The fourth-order valence-electron chi connectivity index (χ4n) is 3.08. The number of halogens is 1. The zero-order valence-corrected chi connectivity index (χ0v) is 17.6. The van der Waals surface area contributed by atoms with Crippen molar-refractivity contribution in [2.45, 2.75) is 32.4 Å². The van der Waals surface area contributed by atoms with Gasteiger partial charge in [-0.25, -0.2) is 4.79 Å². The predicted molar refractivity (Wildman–Crippen MR) is 112 cm³/mol. The van der Waals surface area contributed by atoms with E-state index in [0.29, 0.717) is 28.9 Å². The van der Waals surface area contributed by atoms with Gasteiger partial charge in [0.2, 0.25) is 0 Å². The molecule has 1 aromatic carbocycles. The third-order valence-corrected chi connectivity index (χ3v) is 6.18. The van der Waals surface area contributed by atoms with Crippen LogP contribution in [-0.2, 0) is 9.59 Å². The number of rotatable bonds is 6. The molecule has 2 aliphatic rings. The number of urea groups is 1. The Hall–Kier alpha value is -2.12. The molecule has 2 aliphatic heterocycles. The average Bonchev–Trinajstić information content (AvgIpc) is 3.12. The van der Waals surface area contributed by atoms with Crippen molar-refractivity contribution < 1.29 is 19.0 Å². The van der Waals surface area contributed by atoms with E-state index in [9.17, 15) is 14.4 Å². The number of imide groups is 1. The molecule has 0 aromatic heterocycles. The third-order valence-electron chi connectivity index (χ3n) is 4.76. The van der Waals surface area contributed by atoms with E-state index in [0.717, 1.165) is 12.0 Å². The monoisotopic (exact) mass is 420 g/mol. The highest BCUT2D eigenvalue weighted by Crippen LogP contribution is 2.28. The smallest absolute Gasteiger partial charge is 0.322 e. The highest BCUT2D eigenvalue weighted by atomic mass is 35.5. The van der Waals surface area contributed by atoms with E-state index in [-0.39, 0.29) is 18.4 Å². The SMILES string of the molecule is Cc1c(Cl)cccc1NC(=O)C[N+]1=C2C=CSC2C(=O)N(CCC(C)C)C1=O. The zero-order chi connectivity index (χ0) is 20.4. The molecule has 0 saturated heterocycles. The fourth-order valence-corrected chi connectivity index (χ4v) is 4.22. The quantitative estimate of drug-likeness (QED) is 0.713. The summed E-state index contributed by atoms with van der Waals surface area (Å²) in [5, 5.41) is 4.70. The van der Waals surface area contributed by atoms with Crippen molar-refractivity contribution in [1.82, 2.24) is 4.90 Å². The number of carbonyl (C=O) groups excluding carboxylic acids is 3. The molecule has 2 heterocycles. The Morgan fingerprint density at radius 3 is 2.82 bits per heavy atom. The summed E-state index contributed by atoms with van der Waals surface area (Å²) in [6, 6.07) is 4.82. The number of anilines is 1. The Morgan fingerprint density at radius 2 is 2.11 bits per heavy atom. The Balaban J connectivity index is 1.82. The molecule has 3 rings (SSSR count). The Morgan fingerprint density at radius 1 is 1.36 bits per heavy atom. The number of hydrogen-bond donors (Lipinski definition) is 1. The summed E-state index contributed by atoms with van der Waals surface area (Å²) in [5.41, 5.74) is 1.93. The molecular weight excluding hydrogens is 398 g/mol. The highest BCUT2D eigenvalue weighted by Gasteiger charge is 2.49. The van der Waals surface area contributed by atoms with E-state index < -0.39 is 11.3 Å². The number of carbonyl (C=O) groups is 3. The Labute approximate surface area is 173 Å². The lowest BCUT2D eigenvalue weighted by Gasteiger charge is -2.24. The molecule has 0 aliphatic carbocycles. The zero-order valence-electron chi connectivity index (χ0n) is 16.1. The largest absolute Gasteiger partial charge is 0.501 e. The fraction of sp³-hybridized carbons (Fsp3) is 0.400. The molecule has 1 N–H and O–H groups in total. The molecule has 28 heavy (non-hydrogen) atoms. The van der Waals surface area contributed by atoms with Crippen LogP contribution in [-0.4, -0.2) is 51.4 Å². The molecule has 0 spiro atoms. The second kappa shape index (κ2) is 8.49. The molecule has 148 valence electrons. The number of fused-ring (bicyclic) bond motifs is 1. The molecule has 4 amide bonds. The van der Waals surface area contributed by atoms with Gasteiger partial charge in [-0.2, -0.15) is 14.3 Å². The lowest BCUT2D eigenvalue weighted by Crippen LogP contribution is -2.56. The van der Waals surface area contributed by atoms with E-state index >= 15 is 0 Å². The van der Waals surface area contributed by atoms with Crippen molar-refractivity contribution in [2.24, 2.45) is 5.92 Å². The second-order valence-corrected chi connectivity index (χ2v) is 8.67. The van der Waals surface area contributed by atoms with E-state index in [1.165, 1.54) is 21.2 Å². The van der Waals surface area contributed by atoms with Gasteiger partial charge in [0.15, 0.2) is 11.8 Å². The molecular formula is C20H23ClN3O3S+. The van der Waals surface area contributed by atoms with E-state index in [1.807, 2.05) is 20.8 Å². The molecule has 0 radical (unpaired) electrons. The lowest BCUT2D eigenvalue weighted by molar-refractivity contribution is -0.425. The van der Waals surface area contributed by atoms with Gasteiger partial charge < -0.3 is 5.32 Å². The summed E-state index contributed by atoms with van der Waals surface area (Å²) >= 11 is 7.47. The van der Waals surface area contributed by atoms with Gasteiger partial charge in [-0.1, -0.05) is 31.5 Å². The normalized spacial score (nSPS) is 18.9. The van der Waals surface area contributed by atoms with Crippen LogP contribution >= 0.6 is 23.4 Å². The maximum absolute atomic E-state index is 13.0. The lowest BCUT2D eigenvalue weighted by atomic mass is 10.1. The summed E-state index contributed by atoms with van der Waals surface area (Å²) in [6.45, 7) is 6.09. The minimum atomic E-state index is -0.467. The number of allylic oxidation sites excluding steroid dienone is 1. The van der Waals surface area contributed by atoms with Gasteiger partial charge in [0.1, 0.15) is 5.71 Å². The molecule has 1 unspecified atom stereocenters. The molecule has 0 fully saturated rings. The average molecular weight is 421 g/mol. The molecule has 1 aromatic rings. The molecule has 0 bridgehead atoms. The first kappa shape index (κ1) is 20.6. The highest BCUT2D eigenvalue weighted by molar-refractivity contribution is 8.04. The van der Waals surface area contributed by atoms with Crippen LogP contribution in [0, 0.1) is 12.8 Å². The number of hydrogen-bond acceptors (Lipinski definition) is 4. The van der Waals surface area contributed by atoms with Crippen molar-refractivity contribution in [3.63, 3.8) is 0 Å². The number of nitrogens with one attached hydrogen (secondary N) is 1. The Bertz CT molecular complexity index is 895. The number of thioether (sulfide) groups is 1. The van der Waals surface area contributed by atoms with Crippen molar-refractivity contribution in [2.75, 3.05) is 18.4 Å². The molecule has 6 nitrogen and oxygen atoms in total. The summed E-state index contributed by atoms with van der Waals surface area (Å²) < 4.78 is 1.40. The minimum Gasteiger partial charge on any atom is -0.322 e. The van der Waals surface area contributed by atoms with Gasteiger partial charge in [-0.3, -0.25) is 4.79 Å². The first-order valence-electron chi connectivity index (χ1n) is 9.16. The maximum atomic E-state index is 13.0. The van der Waals surface area contributed by atoms with Gasteiger partial charge in [0.25, 0.3) is 5.91 Å². The van der Waals surface area contributed by atoms with Crippen molar-refractivity contribution in [3.05, 3.63) is 40.3 Å². The first-order chi connectivity index (χ1) is 13.3. The van der Waals surface area contributed by atoms with Crippen LogP contribution in [0.4, 0.5) is 10.5 Å². The maximum Gasteiger partial charge on any atom is 0.501 e. The van der Waals surface area contributed by atoms with Crippen LogP contribution in [0.2, 0.25) is 5.02 Å². The first-order valence-corrected chi connectivity index (χ1v) is 10.5. The number of amides is 4. The minimum absolute atomic E-state index is 0.160. The summed E-state index contributed by atoms with van der Waals surface area (Å²) in [5.74, 6) is -0.186. The molecule has 0 saturated carbocycles. The summed E-state index contributed by atoms with van der Waals surface area (Å²) in [4.78, 5) is 39.6. The number of nitrogens with zero attached hydrogens (tertiary/aromatic N) is 2. The predicted octanol–water partition coefficient (Wildman–Crippen LogP) is 3.68. The van der Waals surface area contributed by atoms with Gasteiger partial charge in [-0.15, -0.1) is 11.8 Å². The van der Waals surface area contributed by atoms with Crippen LogP contribution in [0.1, 0.15) is 25.8 Å². The van der Waals surface area contributed by atoms with Crippen LogP contribution in [0.25, 0.3) is 0 Å². The van der Waals surface area contributed by atoms with Crippen LogP contribution in [0.5, 0.6) is 0 Å². The number of benzene rings is 1. The third kappa shape index (κ3) is 4.15. The summed E-state index contributed by atoms with van der Waals surface area (Å²) in [6.07, 6.45) is 2.46. The van der Waals surface area contributed by atoms with E-state index in [2.05, 4.69) is 5.32 Å².